The largest absolute Gasteiger partial charge is 0.264 e. The molecule has 0 saturated carbocycles. The molecule has 0 atom stereocenters. The Labute approximate surface area is 85.1 Å². The van der Waals surface area contributed by atoms with Crippen LogP contribution < -0.4 is 0 Å². The van der Waals surface area contributed by atoms with Gasteiger partial charge in [0, 0.05) is 15.6 Å². The molecule has 1 aromatic carbocycles. The maximum Gasteiger partial charge on any atom is 0.129 e. The third-order valence-corrected chi connectivity index (χ3v) is 2.50. The van der Waals surface area contributed by atoms with Crippen molar-refractivity contribution in [2.24, 2.45) is 4.99 Å². The first kappa shape index (κ1) is 10.1. The van der Waals surface area contributed by atoms with E-state index in [2.05, 4.69) is 34.2 Å². The molecule has 0 aliphatic heterocycles. The highest BCUT2D eigenvalue weighted by atomic mass is 79.9. The van der Waals surface area contributed by atoms with Gasteiger partial charge in [0.05, 0.1) is 5.69 Å². The van der Waals surface area contributed by atoms with E-state index < -0.39 is 0 Å². The van der Waals surface area contributed by atoms with Gasteiger partial charge in [0.15, 0.2) is 0 Å². The van der Waals surface area contributed by atoms with E-state index in [1.807, 2.05) is 0 Å². The van der Waals surface area contributed by atoms with Crippen molar-refractivity contribution in [3.63, 3.8) is 0 Å². The minimum absolute atomic E-state index is 0.292. The Morgan fingerprint density at radius 1 is 1.62 bits per heavy atom. The summed E-state index contributed by atoms with van der Waals surface area (Å²) in [5.41, 5.74) is 1.81. The van der Waals surface area contributed by atoms with Crippen LogP contribution >= 0.6 is 15.9 Å². The predicted octanol–water partition coefficient (Wildman–Crippen LogP) is 3.87. The zero-order valence-corrected chi connectivity index (χ0v) is 8.86. The molecule has 0 spiro atoms. The Morgan fingerprint density at radius 3 is 2.69 bits per heavy atom. The second-order valence-corrected chi connectivity index (χ2v) is 3.44. The van der Waals surface area contributed by atoms with Crippen molar-refractivity contribution in [1.82, 2.24) is 0 Å². The Hall–Kier alpha value is -0.960. The molecule has 0 radical (unpaired) electrons. The van der Waals surface area contributed by atoms with Gasteiger partial charge >= 0.3 is 0 Å². The second-order valence-electron chi connectivity index (χ2n) is 2.59. The Kier molecular flexibility index (Phi) is 2.98. The van der Waals surface area contributed by atoms with Gasteiger partial charge in [0.25, 0.3) is 0 Å². The second kappa shape index (κ2) is 3.83. The third kappa shape index (κ3) is 1.70. The fourth-order valence-corrected chi connectivity index (χ4v) is 1.67. The van der Waals surface area contributed by atoms with Gasteiger partial charge in [-0.3, -0.25) is 4.99 Å². The average Bonchev–Trinajstić information content (AvgIpc) is 2.10. The standard InChI is InChI=1S/C10H9BrFN/c1-4-7-8(11)5-9(12)6(2)10(7)13-3/h4-5H,1,3H2,2H3. The summed E-state index contributed by atoms with van der Waals surface area (Å²) in [5, 5.41) is 0. The Bertz CT molecular complexity index is 372. The van der Waals surface area contributed by atoms with E-state index in [0.717, 1.165) is 5.56 Å². The highest BCUT2D eigenvalue weighted by Gasteiger charge is 2.10. The molecule has 68 valence electrons. The van der Waals surface area contributed by atoms with E-state index in [-0.39, 0.29) is 5.82 Å². The molecule has 1 aromatic rings. The van der Waals surface area contributed by atoms with Gasteiger partial charge < -0.3 is 0 Å². The van der Waals surface area contributed by atoms with Crippen molar-refractivity contribution in [3.05, 3.63) is 34.1 Å². The van der Waals surface area contributed by atoms with Gasteiger partial charge in [-0.2, -0.15) is 0 Å². The van der Waals surface area contributed by atoms with Crippen LogP contribution in [0.5, 0.6) is 0 Å². The van der Waals surface area contributed by atoms with Gasteiger partial charge in [0.2, 0.25) is 0 Å². The van der Waals surface area contributed by atoms with Crippen LogP contribution in [0.2, 0.25) is 0 Å². The van der Waals surface area contributed by atoms with E-state index in [9.17, 15) is 4.39 Å². The molecule has 13 heavy (non-hydrogen) atoms. The van der Waals surface area contributed by atoms with E-state index in [0.29, 0.717) is 15.7 Å². The number of rotatable bonds is 2. The van der Waals surface area contributed by atoms with Crippen LogP contribution in [0.1, 0.15) is 11.1 Å². The molecule has 1 rings (SSSR count). The fourth-order valence-electron chi connectivity index (χ4n) is 1.12. The number of hydrogen-bond acceptors (Lipinski definition) is 1. The summed E-state index contributed by atoms with van der Waals surface area (Å²) >= 11 is 3.23. The molecular weight excluding hydrogens is 233 g/mol. The number of benzene rings is 1. The lowest BCUT2D eigenvalue weighted by Gasteiger charge is -2.07. The summed E-state index contributed by atoms with van der Waals surface area (Å²) in [6.45, 7) is 8.69. The first-order valence-corrected chi connectivity index (χ1v) is 4.49. The SMILES string of the molecule is C=Cc1c(Br)cc(F)c(C)c1N=C. The van der Waals surface area contributed by atoms with Crippen LogP contribution in [0.3, 0.4) is 0 Å². The summed E-state index contributed by atoms with van der Waals surface area (Å²) in [4.78, 5) is 3.77. The summed E-state index contributed by atoms with van der Waals surface area (Å²) in [6, 6.07) is 1.40. The smallest absolute Gasteiger partial charge is 0.129 e. The zero-order chi connectivity index (χ0) is 10.0. The lowest BCUT2D eigenvalue weighted by Crippen LogP contribution is -1.87. The molecule has 0 bridgehead atoms. The highest BCUT2D eigenvalue weighted by molar-refractivity contribution is 9.10. The summed E-state index contributed by atoms with van der Waals surface area (Å²) in [5.74, 6) is -0.292. The predicted molar refractivity (Wildman–Crippen MR) is 58.1 cm³/mol. The molecule has 0 saturated heterocycles. The van der Waals surface area contributed by atoms with Crippen LogP contribution in [0.25, 0.3) is 6.08 Å². The van der Waals surface area contributed by atoms with Crippen LogP contribution in [0.15, 0.2) is 22.1 Å². The summed E-state index contributed by atoms with van der Waals surface area (Å²) < 4.78 is 13.8. The molecule has 0 amide bonds. The maximum absolute atomic E-state index is 13.2. The van der Waals surface area contributed by atoms with Gasteiger partial charge in [-0.15, -0.1) is 0 Å². The van der Waals surface area contributed by atoms with Crippen LogP contribution in [0, 0.1) is 12.7 Å². The zero-order valence-electron chi connectivity index (χ0n) is 7.27. The molecule has 3 heteroatoms. The highest BCUT2D eigenvalue weighted by Crippen LogP contribution is 2.33. The third-order valence-electron chi connectivity index (χ3n) is 1.84. The minimum atomic E-state index is -0.292. The molecule has 0 heterocycles. The van der Waals surface area contributed by atoms with Crippen molar-refractivity contribution in [1.29, 1.82) is 0 Å². The first-order chi connectivity index (χ1) is 6.11. The van der Waals surface area contributed by atoms with Crippen LogP contribution in [-0.4, -0.2) is 6.72 Å². The van der Waals surface area contributed by atoms with E-state index in [1.54, 1.807) is 13.0 Å². The van der Waals surface area contributed by atoms with Crippen molar-refractivity contribution in [2.75, 3.05) is 0 Å². The maximum atomic E-state index is 13.2. The number of nitrogens with zero attached hydrogens (tertiary/aromatic N) is 1. The lowest BCUT2D eigenvalue weighted by atomic mass is 10.1. The molecular formula is C10H9BrFN. The van der Waals surface area contributed by atoms with Crippen molar-refractivity contribution >= 4 is 34.4 Å². The van der Waals surface area contributed by atoms with Gasteiger partial charge in [-0.1, -0.05) is 12.7 Å². The minimum Gasteiger partial charge on any atom is -0.264 e. The number of halogens is 2. The van der Waals surface area contributed by atoms with Crippen LogP contribution in [0.4, 0.5) is 10.1 Å². The number of hydrogen-bond donors (Lipinski definition) is 0. The lowest BCUT2D eigenvalue weighted by molar-refractivity contribution is 0.618. The normalized spacial score (nSPS) is 9.77. The van der Waals surface area contributed by atoms with Crippen molar-refractivity contribution in [3.8, 4) is 0 Å². The summed E-state index contributed by atoms with van der Waals surface area (Å²) in [6.07, 6.45) is 1.63. The fraction of sp³-hybridized carbons (Fsp3) is 0.100. The number of aliphatic imine (C=N–C) groups is 1. The van der Waals surface area contributed by atoms with E-state index in [1.165, 1.54) is 6.07 Å². The molecule has 0 unspecified atom stereocenters. The quantitative estimate of drug-likeness (QED) is 0.698. The molecule has 0 aliphatic carbocycles. The monoisotopic (exact) mass is 241 g/mol. The van der Waals surface area contributed by atoms with Crippen molar-refractivity contribution < 1.29 is 4.39 Å². The average molecular weight is 242 g/mol. The Balaban J connectivity index is 3.59. The van der Waals surface area contributed by atoms with Gasteiger partial charge in [0.1, 0.15) is 5.82 Å². The van der Waals surface area contributed by atoms with Crippen molar-refractivity contribution in [2.45, 2.75) is 6.92 Å². The Morgan fingerprint density at radius 2 is 2.23 bits per heavy atom. The molecule has 0 fully saturated rings. The molecule has 0 aliphatic rings. The van der Waals surface area contributed by atoms with E-state index >= 15 is 0 Å². The van der Waals surface area contributed by atoms with E-state index in [4.69, 9.17) is 0 Å². The molecule has 1 nitrogen and oxygen atoms in total. The summed E-state index contributed by atoms with van der Waals surface area (Å²) in [7, 11) is 0. The topological polar surface area (TPSA) is 12.4 Å². The molecule has 0 N–H and O–H groups in total. The van der Waals surface area contributed by atoms with Gasteiger partial charge in [-0.25, -0.2) is 4.39 Å². The van der Waals surface area contributed by atoms with Crippen LogP contribution in [-0.2, 0) is 0 Å². The first-order valence-electron chi connectivity index (χ1n) is 3.69. The molecule has 0 aromatic heterocycles. The van der Waals surface area contributed by atoms with Gasteiger partial charge in [-0.05, 0) is 35.6 Å².